The second kappa shape index (κ2) is 4.65. The van der Waals surface area contributed by atoms with Crippen molar-refractivity contribution in [3.63, 3.8) is 0 Å². The molecule has 1 atom stereocenters. The lowest BCUT2D eigenvalue weighted by Crippen LogP contribution is -2.41. The summed E-state index contributed by atoms with van der Waals surface area (Å²) in [5, 5.41) is 0. The van der Waals surface area contributed by atoms with Gasteiger partial charge in [0.2, 0.25) is 5.91 Å². The number of carbonyl (C=O) groups excluding carboxylic acids is 1. The van der Waals surface area contributed by atoms with Gasteiger partial charge in [-0.25, -0.2) is 0 Å². The summed E-state index contributed by atoms with van der Waals surface area (Å²) in [5.74, 6) is -0.235. The highest BCUT2D eigenvalue weighted by atomic mass is 16.1. The van der Waals surface area contributed by atoms with E-state index >= 15 is 0 Å². The minimum absolute atomic E-state index is 0.0359. The van der Waals surface area contributed by atoms with Crippen molar-refractivity contribution in [3.05, 3.63) is 23.8 Å². The number of amides is 1. The second-order valence-electron chi connectivity index (χ2n) is 4.73. The van der Waals surface area contributed by atoms with Crippen LogP contribution in [0, 0.1) is 12.8 Å². The summed E-state index contributed by atoms with van der Waals surface area (Å²) >= 11 is 0. The maximum atomic E-state index is 11.2. The van der Waals surface area contributed by atoms with Gasteiger partial charge in [0.05, 0.1) is 5.92 Å². The summed E-state index contributed by atoms with van der Waals surface area (Å²) in [4.78, 5) is 13.4. The van der Waals surface area contributed by atoms with E-state index in [-0.39, 0.29) is 11.8 Å². The van der Waals surface area contributed by atoms with Crippen LogP contribution in [0.4, 0.5) is 11.4 Å². The van der Waals surface area contributed by atoms with E-state index in [1.165, 1.54) is 0 Å². The smallest absolute Gasteiger partial charge is 0.222 e. The van der Waals surface area contributed by atoms with Crippen molar-refractivity contribution in [2.75, 3.05) is 23.7 Å². The van der Waals surface area contributed by atoms with Crippen molar-refractivity contribution in [2.45, 2.75) is 19.8 Å². The van der Waals surface area contributed by atoms with Gasteiger partial charge in [-0.3, -0.25) is 4.79 Å². The Morgan fingerprint density at radius 1 is 1.47 bits per heavy atom. The van der Waals surface area contributed by atoms with Crippen molar-refractivity contribution < 1.29 is 4.79 Å². The number of aryl methyl sites for hydroxylation is 1. The summed E-state index contributed by atoms with van der Waals surface area (Å²) in [5.41, 5.74) is 14.2. The Hall–Kier alpha value is -1.71. The van der Waals surface area contributed by atoms with Crippen LogP contribution in [0.1, 0.15) is 18.4 Å². The van der Waals surface area contributed by atoms with Crippen LogP contribution in [0.5, 0.6) is 0 Å². The van der Waals surface area contributed by atoms with Gasteiger partial charge < -0.3 is 16.4 Å². The lowest BCUT2D eigenvalue weighted by atomic mass is 9.97. The highest BCUT2D eigenvalue weighted by molar-refractivity contribution is 5.77. The molecule has 1 aliphatic heterocycles. The summed E-state index contributed by atoms with van der Waals surface area (Å²) < 4.78 is 0. The molecule has 2 rings (SSSR count). The third-order valence-electron chi connectivity index (χ3n) is 3.45. The highest BCUT2D eigenvalue weighted by Gasteiger charge is 2.24. The SMILES string of the molecule is Cc1ccc(N2CCCC(C(N)=O)C2)cc1N. The number of rotatable bonds is 2. The van der Waals surface area contributed by atoms with Gasteiger partial charge in [0.1, 0.15) is 0 Å². The molecule has 0 spiro atoms. The Labute approximate surface area is 102 Å². The first kappa shape index (κ1) is 11.8. The zero-order valence-electron chi connectivity index (χ0n) is 10.1. The van der Waals surface area contributed by atoms with E-state index in [0.29, 0.717) is 6.54 Å². The van der Waals surface area contributed by atoms with E-state index in [1.54, 1.807) is 0 Å². The number of hydrogen-bond acceptors (Lipinski definition) is 3. The normalized spacial score (nSPS) is 20.3. The predicted octanol–water partition coefficient (Wildman–Crippen LogP) is 1.28. The Morgan fingerprint density at radius 3 is 2.88 bits per heavy atom. The van der Waals surface area contributed by atoms with Gasteiger partial charge in [0, 0.05) is 24.5 Å². The standard InChI is InChI=1S/C13H19N3O/c1-9-4-5-11(7-12(9)14)16-6-2-3-10(8-16)13(15)17/h4-5,7,10H,2-3,6,8,14H2,1H3,(H2,15,17). The zero-order valence-corrected chi connectivity index (χ0v) is 10.1. The maximum absolute atomic E-state index is 11.2. The molecule has 0 saturated carbocycles. The first-order chi connectivity index (χ1) is 8.08. The average molecular weight is 233 g/mol. The van der Waals surface area contributed by atoms with Crippen LogP contribution >= 0.6 is 0 Å². The Balaban J connectivity index is 2.16. The molecular weight excluding hydrogens is 214 g/mol. The van der Waals surface area contributed by atoms with Crippen LogP contribution < -0.4 is 16.4 Å². The van der Waals surface area contributed by atoms with Crippen molar-refractivity contribution in [2.24, 2.45) is 11.7 Å². The van der Waals surface area contributed by atoms with Crippen LogP contribution in [-0.2, 0) is 4.79 Å². The molecule has 1 saturated heterocycles. The lowest BCUT2D eigenvalue weighted by molar-refractivity contribution is -0.122. The van der Waals surface area contributed by atoms with Crippen molar-refractivity contribution >= 4 is 17.3 Å². The molecule has 92 valence electrons. The summed E-state index contributed by atoms with van der Waals surface area (Å²) in [7, 11) is 0. The Morgan fingerprint density at radius 2 is 2.24 bits per heavy atom. The van der Waals surface area contributed by atoms with Crippen molar-refractivity contribution in [1.82, 2.24) is 0 Å². The van der Waals surface area contributed by atoms with E-state index < -0.39 is 0 Å². The molecule has 1 unspecified atom stereocenters. The molecule has 1 fully saturated rings. The van der Waals surface area contributed by atoms with Crippen LogP contribution in [-0.4, -0.2) is 19.0 Å². The van der Waals surface area contributed by atoms with Gasteiger partial charge >= 0.3 is 0 Å². The molecule has 1 aromatic carbocycles. The van der Waals surface area contributed by atoms with Crippen LogP contribution in [0.25, 0.3) is 0 Å². The van der Waals surface area contributed by atoms with E-state index in [1.807, 2.05) is 19.1 Å². The number of nitrogens with two attached hydrogens (primary N) is 2. The monoisotopic (exact) mass is 233 g/mol. The third-order valence-corrected chi connectivity index (χ3v) is 3.45. The molecule has 0 aliphatic carbocycles. The van der Waals surface area contributed by atoms with Crippen LogP contribution in [0.15, 0.2) is 18.2 Å². The summed E-state index contributed by atoms with van der Waals surface area (Å²) in [6, 6.07) is 6.03. The fraction of sp³-hybridized carbons (Fsp3) is 0.462. The highest BCUT2D eigenvalue weighted by Crippen LogP contribution is 2.25. The topological polar surface area (TPSA) is 72.3 Å². The van der Waals surface area contributed by atoms with Gasteiger partial charge in [0.25, 0.3) is 0 Å². The van der Waals surface area contributed by atoms with E-state index in [0.717, 1.165) is 36.3 Å². The largest absolute Gasteiger partial charge is 0.398 e. The minimum atomic E-state index is -0.199. The molecule has 0 bridgehead atoms. The molecule has 1 aromatic rings. The predicted molar refractivity (Wildman–Crippen MR) is 69.7 cm³/mol. The minimum Gasteiger partial charge on any atom is -0.398 e. The first-order valence-electron chi connectivity index (χ1n) is 5.98. The number of nitrogens with zero attached hydrogens (tertiary/aromatic N) is 1. The molecule has 4 N–H and O–H groups in total. The molecule has 0 aromatic heterocycles. The molecular formula is C13H19N3O. The number of primary amides is 1. The molecule has 0 radical (unpaired) electrons. The lowest BCUT2D eigenvalue weighted by Gasteiger charge is -2.33. The fourth-order valence-electron chi connectivity index (χ4n) is 2.27. The van der Waals surface area contributed by atoms with Crippen molar-refractivity contribution in [3.8, 4) is 0 Å². The number of carbonyl (C=O) groups is 1. The Bertz CT molecular complexity index is 431. The maximum Gasteiger partial charge on any atom is 0.222 e. The van der Waals surface area contributed by atoms with Crippen molar-refractivity contribution in [1.29, 1.82) is 0 Å². The molecule has 17 heavy (non-hydrogen) atoms. The summed E-state index contributed by atoms with van der Waals surface area (Å²) in [6.45, 7) is 3.66. The van der Waals surface area contributed by atoms with Crippen LogP contribution in [0.2, 0.25) is 0 Å². The number of hydrogen-bond donors (Lipinski definition) is 2. The van der Waals surface area contributed by atoms with E-state index in [9.17, 15) is 4.79 Å². The fourth-order valence-corrected chi connectivity index (χ4v) is 2.27. The molecule has 4 nitrogen and oxygen atoms in total. The van der Waals surface area contributed by atoms with E-state index in [2.05, 4.69) is 11.0 Å². The van der Waals surface area contributed by atoms with Gasteiger partial charge in [-0.1, -0.05) is 6.07 Å². The van der Waals surface area contributed by atoms with Gasteiger partial charge in [-0.15, -0.1) is 0 Å². The number of piperidine rings is 1. The molecule has 1 amide bonds. The summed E-state index contributed by atoms with van der Waals surface area (Å²) in [6.07, 6.45) is 1.90. The van der Waals surface area contributed by atoms with Gasteiger partial charge in [-0.2, -0.15) is 0 Å². The van der Waals surface area contributed by atoms with E-state index in [4.69, 9.17) is 11.5 Å². The molecule has 4 heteroatoms. The quantitative estimate of drug-likeness (QED) is 0.756. The average Bonchev–Trinajstić information content (AvgIpc) is 2.33. The van der Waals surface area contributed by atoms with Gasteiger partial charge in [-0.05, 0) is 37.5 Å². The number of benzene rings is 1. The van der Waals surface area contributed by atoms with Crippen LogP contribution in [0.3, 0.4) is 0 Å². The van der Waals surface area contributed by atoms with Gasteiger partial charge in [0.15, 0.2) is 0 Å². The molecule has 1 aliphatic rings. The molecule has 1 heterocycles. The third kappa shape index (κ3) is 2.52. The number of nitrogen functional groups attached to an aromatic ring is 1. The number of anilines is 2. The zero-order chi connectivity index (χ0) is 12.4. The second-order valence-corrected chi connectivity index (χ2v) is 4.73. The Kier molecular flexibility index (Phi) is 3.22. The first-order valence-corrected chi connectivity index (χ1v) is 5.98.